The number of ether oxygens (including phenoxy) is 1. The van der Waals surface area contributed by atoms with Gasteiger partial charge in [0.1, 0.15) is 6.10 Å². The van der Waals surface area contributed by atoms with Crippen LogP contribution in [0.1, 0.15) is 106 Å². The molecule has 9 atom stereocenters. The molecule has 3 heteroatoms. The molecule has 0 aromatic carbocycles. The summed E-state index contributed by atoms with van der Waals surface area (Å²) in [6, 6.07) is 0. The van der Waals surface area contributed by atoms with Crippen LogP contribution in [0.15, 0.2) is 23.8 Å². The van der Waals surface area contributed by atoms with Crippen molar-refractivity contribution in [1.82, 2.24) is 0 Å². The molecule has 1 N–H and O–H groups in total. The van der Waals surface area contributed by atoms with Crippen molar-refractivity contribution in [2.24, 2.45) is 45.3 Å². The fourth-order valence-electron chi connectivity index (χ4n) is 10.6. The molecule has 190 valence electrons. The van der Waals surface area contributed by atoms with E-state index in [1.54, 1.807) is 12.5 Å². The monoisotopic (exact) mass is 468 g/mol. The maximum atomic E-state index is 11.9. The Morgan fingerprint density at radius 3 is 2.41 bits per heavy atom. The number of hydrogen-bond donors (Lipinski definition) is 1. The number of carbonyl (C=O) groups is 1. The maximum absolute atomic E-state index is 11.9. The molecule has 0 bridgehead atoms. The third-order valence-electron chi connectivity index (χ3n) is 12.8. The van der Waals surface area contributed by atoms with Gasteiger partial charge in [-0.25, -0.2) is 0 Å². The highest BCUT2D eigenvalue weighted by Gasteiger charge is 2.68. The molecule has 0 aromatic rings. The average molecular weight is 469 g/mol. The van der Waals surface area contributed by atoms with Gasteiger partial charge in [0.05, 0.1) is 5.60 Å². The summed E-state index contributed by atoms with van der Waals surface area (Å²) in [6.45, 7) is 20.7. The lowest BCUT2D eigenvalue weighted by atomic mass is 9.34. The van der Waals surface area contributed by atoms with Crippen LogP contribution in [0, 0.1) is 45.3 Å². The normalized spacial score (nSPS) is 51.8. The third-order valence-corrected chi connectivity index (χ3v) is 12.8. The van der Waals surface area contributed by atoms with E-state index in [9.17, 15) is 9.90 Å². The molecule has 0 heterocycles. The number of hydrogen-bond acceptors (Lipinski definition) is 3. The Bertz CT molecular complexity index is 931. The molecular formula is C31H48O3. The largest absolute Gasteiger partial charge is 0.462 e. The molecular weight excluding hydrogens is 420 g/mol. The molecule has 0 spiro atoms. The Hall–Kier alpha value is -1.09. The van der Waals surface area contributed by atoms with Gasteiger partial charge in [-0.05, 0) is 91.8 Å². The van der Waals surface area contributed by atoms with Crippen LogP contribution in [-0.2, 0) is 9.53 Å². The van der Waals surface area contributed by atoms with Gasteiger partial charge in [0.15, 0.2) is 0 Å². The van der Waals surface area contributed by atoms with Crippen molar-refractivity contribution in [2.75, 3.05) is 0 Å². The molecule has 3 nitrogen and oxygen atoms in total. The van der Waals surface area contributed by atoms with Crippen LogP contribution in [0.4, 0.5) is 0 Å². The zero-order valence-electron chi connectivity index (χ0n) is 22.8. The summed E-state index contributed by atoms with van der Waals surface area (Å²) in [5, 5.41) is 11.8. The van der Waals surface area contributed by atoms with E-state index in [1.165, 1.54) is 18.4 Å². The van der Waals surface area contributed by atoms with Crippen LogP contribution in [0.25, 0.3) is 0 Å². The van der Waals surface area contributed by atoms with Crippen LogP contribution >= 0.6 is 0 Å². The van der Waals surface area contributed by atoms with Gasteiger partial charge in [0.25, 0.3) is 0 Å². The molecule has 0 amide bonds. The standard InChI is InChI=1S/C31H48O3/c1-19-11-16-31(33)18-17-29(7)22(26(31)20(19)2)9-10-24-28(6)14-13-25(34-21(3)32)27(4,5)23(28)12-15-30(24,29)8/h9,20,23-26,33H,1,10-18H2,2-8H3. The van der Waals surface area contributed by atoms with Crippen LogP contribution in [-0.4, -0.2) is 22.8 Å². The second-order valence-electron chi connectivity index (χ2n) is 14.3. The third kappa shape index (κ3) is 3.01. The average Bonchev–Trinajstić information content (AvgIpc) is 2.74. The van der Waals surface area contributed by atoms with Crippen molar-refractivity contribution >= 4 is 5.97 Å². The highest BCUT2D eigenvalue weighted by atomic mass is 16.5. The van der Waals surface area contributed by atoms with Gasteiger partial charge in [-0.15, -0.1) is 0 Å². The van der Waals surface area contributed by atoms with Crippen molar-refractivity contribution in [3.63, 3.8) is 0 Å². The van der Waals surface area contributed by atoms with Gasteiger partial charge in [-0.2, -0.15) is 0 Å². The molecule has 0 aromatic heterocycles. The molecule has 5 aliphatic rings. The molecule has 0 aliphatic heterocycles. The summed E-state index contributed by atoms with van der Waals surface area (Å²) in [4.78, 5) is 11.9. The summed E-state index contributed by atoms with van der Waals surface area (Å²) in [7, 11) is 0. The number of aliphatic hydroxyl groups is 1. The molecule has 4 fully saturated rings. The lowest BCUT2D eigenvalue weighted by molar-refractivity contribution is -0.214. The lowest BCUT2D eigenvalue weighted by Crippen LogP contribution is -2.65. The van der Waals surface area contributed by atoms with Crippen molar-refractivity contribution in [3.05, 3.63) is 23.8 Å². The highest BCUT2D eigenvalue weighted by Crippen LogP contribution is 2.74. The molecule has 5 rings (SSSR count). The van der Waals surface area contributed by atoms with Gasteiger partial charge in [0, 0.05) is 18.3 Å². The number of rotatable bonds is 1. The Balaban J connectivity index is 1.55. The van der Waals surface area contributed by atoms with Crippen LogP contribution in [0.3, 0.4) is 0 Å². The second kappa shape index (κ2) is 7.46. The molecule has 4 saturated carbocycles. The van der Waals surface area contributed by atoms with Crippen molar-refractivity contribution in [2.45, 2.75) is 118 Å². The van der Waals surface area contributed by atoms with E-state index in [1.807, 2.05) is 0 Å². The molecule has 9 unspecified atom stereocenters. The summed E-state index contributed by atoms with van der Waals surface area (Å²) < 4.78 is 5.87. The Kier molecular flexibility index (Phi) is 5.40. The van der Waals surface area contributed by atoms with E-state index in [0.29, 0.717) is 17.8 Å². The van der Waals surface area contributed by atoms with Gasteiger partial charge >= 0.3 is 5.97 Å². The molecule has 5 aliphatic carbocycles. The summed E-state index contributed by atoms with van der Waals surface area (Å²) in [5.41, 5.74) is 2.92. The topological polar surface area (TPSA) is 46.5 Å². The fourth-order valence-corrected chi connectivity index (χ4v) is 10.6. The van der Waals surface area contributed by atoms with E-state index >= 15 is 0 Å². The van der Waals surface area contributed by atoms with E-state index < -0.39 is 5.60 Å². The van der Waals surface area contributed by atoms with Crippen LogP contribution < -0.4 is 0 Å². The maximum Gasteiger partial charge on any atom is 0.302 e. The zero-order chi connectivity index (χ0) is 24.9. The SMILES string of the molecule is C=C1CCC2(O)CCC3(C)C(=CCC4C5(C)CCC(OC(C)=O)C(C)(C)C5CCC43C)C2C1C. The highest BCUT2D eigenvalue weighted by molar-refractivity contribution is 5.66. The van der Waals surface area contributed by atoms with E-state index in [-0.39, 0.29) is 39.7 Å². The molecule has 0 radical (unpaired) electrons. The lowest BCUT2D eigenvalue weighted by Gasteiger charge is -2.71. The van der Waals surface area contributed by atoms with Gasteiger partial charge in [-0.3, -0.25) is 4.79 Å². The predicted octanol–water partition coefficient (Wildman–Crippen LogP) is 7.24. The summed E-state index contributed by atoms with van der Waals surface area (Å²) >= 11 is 0. The predicted molar refractivity (Wildman–Crippen MR) is 137 cm³/mol. The van der Waals surface area contributed by atoms with Crippen molar-refractivity contribution < 1.29 is 14.6 Å². The van der Waals surface area contributed by atoms with Crippen LogP contribution in [0.5, 0.6) is 0 Å². The Morgan fingerprint density at radius 2 is 1.74 bits per heavy atom. The van der Waals surface area contributed by atoms with Crippen molar-refractivity contribution in [1.29, 1.82) is 0 Å². The smallest absolute Gasteiger partial charge is 0.302 e. The number of allylic oxidation sites excluding steroid dienone is 2. The minimum Gasteiger partial charge on any atom is -0.462 e. The minimum absolute atomic E-state index is 0.00661. The van der Waals surface area contributed by atoms with Gasteiger partial charge < -0.3 is 9.84 Å². The number of fused-ring (bicyclic) bond motifs is 7. The van der Waals surface area contributed by atoms with Gasteiger partial charge in [0.2, 0.25) is 0 Å². The van der Waals surface area contributed by atoms with E-state index in [4.69, 9.17) is 4.74 Å². The first-order chi connectivity index (χ1) is 15.7. The Morgan fingerprint density at radius 1 is 1.03 bits per heavy atom. The molecule has 0 saturated heterocycles. The quantitative estimate of drug-likeness (QED) is 0.326. The summed E-state index contributed by atoms with van der Waals surface area (Å²) in [6.07, 6.45) is 12.1. The number of carbonyl (C=O) groups excluding carboxylic acids is 1. The fraction of sp³-hybridized carbons (Fsp3) is 0.839. The van der Waals surface area contributed by atoms with E-state index in [0.717, 1.165) is 44.9 Å². The zero-order valence-corrected chi connectivity index (χ0v) is 22.8. The second-order valence-corrected chi connectivity index (χ2v) is 14.3. The Labute approximate surface area is 207 Å². The first-order valence-electron chi connectivity index (χ1n) is 14.0. The first-order valence-corrected chi connectivity index (χ1v) is 14.0. The summed E-state index contributed by atoms with van der Waals surface area (Å²) in [5.74, 6) is 1.63. The van der Waals surface area contributed by atoms with E-state index in [2.05, 4.69) is 54.2 Å². The number of esters is 1. The van der Waals surface area contributed by atoms with Crippen molar-refractivity contribution in [3.8, 4) is 0 Å². The first kappa shape index (κ1) is 24.6. The molecule has 34 heavy (non-hydrogen) atoms. The minimum atomic E-state index is -0.555. The van der Waals surface area contributed by atoms with Gasteiger partial charge in [-0.1, -0.05) is 65.3 Å². The van der Waals surface area contributed by atoms with Crippen LogP contribution in [0.2, 0.25) is 0 Å².